The summed E-state index contributed by atoms with van der Waals surface area (Å²) in [7, 11) is 0. The molecule has 0 aliphatic heterocycles. The standard InChI is InChI=1S/2C5H8O2.Co/c2*1-4(6)3-5(2)7;/h2*3,6H,1-2H3;/q;;+2/p-2/b2*4-3+;. The molecule has 0 bridgehead atoms. The van der Waals surface area contributed by atoms with Crippen LogP contribution in [0, 0.1) is 0 Å². The van der Waals surface area contributed by atoms with Crippen molar-refractivity contribution in [2.45, 2.75) is 27.7 Å². The molecule has 15 heavy (non-hydrogen) atoms. The molecule has 0 aromatic carbocycles. The van der Waals surface area contributed by atoms with Crippen LogP contribution in [-0.2, 0) is 26.4 Å². The molecule has 87 valence electrons. The van der Waals surface area contributed by atoms with Crippen LogP contribution in [-0.4, -0.2) is 11.6 Å². The van der Waals surface area contributed by atoms with Crippen molar-refractivity contribution < 1.29 is 36.6 Å². The summed E-state index contributed by atoms with van der Waals surface area (Å²) < 4.78 is 0. The van der Waals surface area contributed by atoms with Crippen LogP contribution >= 0.6 is 0 Å². The van der Waals surface area contributed by atoms with Crippen LogP contribution in [0.25, 0.3) is 0 Å². The van der Waals surface area contributed by atoms with E-state index in [4.69, 9.17) is 0 Å². The van der Waals surface area contributed by atoms with Crippen molar-refractivity contribution in [1.29, 1.82) is 0 Å². The Bertz CT molecular complexity index is 231. The minimum atomic E-state index is -0.187. The summed E-state index contributed by atoms with van der Waals surface area (Å²) in [5, 5.41) is 20.0. The van der Waals surface area contributed by atoms with Crippen molar-refractivity contribution in [2.24, 2.45) is 0 Å². The Morgan fingerprint density at radius 1 is 0.800 bits per heavy atom. The summed E-state index contributed by atoms with van der Waals surface area (Å²) in [5.74, 6) is -0.750. The number of ketones is 2. The first-order valence-electron chi connectivity index (χ1n) is 3.97. The zero-order valence-corrected chi connectivity index (χ0v) is 10.2. The molecule has 0 saturated carbocycles. The molecule has 0 aliphatic carbocycles. The van der Waals surface area contributed by atoms with Gasteiger partial charge in [0.05, 0.1) is 0 Å². The van der Waals surface area contributed by atoms with Gasteiger partial charge in [-0.05, 0) is 26.0 Å². The zero-order valence-electron chi connectivity index (χ0n) is 9.12. The SMILES string of the molecule is CC(=O)/C=C(\C)[O-].CC(=O)/C=C(\C)[O-].[Co+2]. The molecule has 0 rings (SSSR count). The van der Waals surface area contributed by atoms with E-state index in [1.165, 1.54) is 27.7 Å². The molecule has 0 aromatic heterocycles. The Kier molecular flexibility index (Phi) is 14.3. The molecule has 0 saturated heterocycles. The third-order valence-corrected chi connectivity index (χ3v) is 0.813. The molecular weight excluding hydrogens is 243 g/mol. The fraction of sp³-hybridized carbons (Fsp3) is 0.400. The fourth-order valence-electron chi connectivity index (χ4n) is 0.572. The van der Waals surface area contributed by atoms with E-state index in [9.17, 15) is 19.8 Å². The summed E-state index contributed by atoms with van der Waals surface area (Å²) in [5.41, 5.74) is 0. The third-order valence-electron chi connectivity index (χ3n) is 0.813. The number of rotatable bonds is 2. The van der Waals surface area contributed by atoms with Crippen LogP contribution < -0.4 is 10.2 Å². The smallest absolute Gasteiger partial charge is 0.876 e. The van der Waals surface area contributed by atoms with Crippen LogP contribution in [0.1, 0.15) is 27.7 Å². The molecule has 1 radical (unpaired) electrons. The van der Waals surface area contributed by atoms with Gasteiger partial charge in [0.1, 0.15) is 0 Å². The van der Waals surface area contributed by atoms with Gasteiger partial charge in [-0.15, -0.1) is 11.5 Å². The van der Waals surface area contributed by atoms with Crippen molar-refractivity contribution >= 4 is 11.6 Å². The number of allylic oxidation sites excluding steroid dienone is 4. The monoisotopic (exact) mass is 257 g/mol. The molecule has 0 aliphatic rings. The summed E-state index contributed by atoms with van der Waals surface area (Å²) in [4.78, 5) is 20.0. The molecule has 0 atom stereocenters. The maximum Gasteiger partial charge on any atom is 2.00 e. The van der Waals surface area contributed by atoms with Crippen LogP contribution in [0.5, 0.6) is 0 Å². The quantitative estimate of drug-likeness (QED) is 0.501. The largest absolute Gasteiger partial charge is 2.00 e. The Balaban J connectivity index is -0.000000180. The van der Waals surface area contributed by atoms with Crippen molar-refractivity contribution in [2.75, 3.05) is 0 Å². The Labute approximate surface area is 99.9 Å². The Morgan fingerprint density at radius 2 is 1.00 bits per heavy atom. The second-order valence-corrected chi connectivity index (χ2v) is 2.73. The second kappa shape index (κ2) is 11.0. The van der Waals surface area contributed by atoms with E-state index in [0.717, 1.165) is 12.2 Å². The van der Waals surface area contributed by atoms with E-state index >= 15 is 0 Å². The maximum absolute atomic E-state index is 9.98. The first kappa shape index (κ1) is 19.5. The van der Waals surface area contributed by atoms with Crippen molar-refractivity contribution in [3.05, 3.63) is 23.7 Å². The van der Waals surface area contributed by atoms with Gasteiger partial charge in [-0.3, -0.25) is 9.59 Å². The van der Waals surface area contributed by atoms with Crippen LogP contribution in [0.2, 0.25) is 0 Å². The maximum atomic E-state index is 9.98. The molecule has 0 N–H and O–H groups in total. The fourth-order valence-corrected chi connectivity index (χ4v) is 0.572. The number of carbonyl (C=O) groups is 2. The van der Waals surface area contributed by atoms with Gasteiger partial charge >= 0.3 is 16.8 Å². The van der Waals surface area contributed by atoms with E-state index in [-0.39, 0.29) is 39.9 Å². The van der Waals surface area contributed by atoms with Crippen LogP contribution in [0.3, 0.4) is 0 Å². The molecule has 0 unspecified atom stereocenters. The van der Waals surface area contributed by atoms with E-state index in [0.29, 0.717) is 0 Å². The number of carbonyl (C=O) groups excluding carboxylic acids is 2. The molecular formula is C10H14CoO4. The van der Waals surface area contributed by atoms with Crippen molar-refractivity contribution in [3.63, 3.8) is 0 Å². The van der Waals surface area contributed by atoms with Gasteiger partial charge in [0.15, 0.2) is 11.6 Å². The first-order valence-corrected chi connectivity index (χ1v) is 3.97. The van der Waals surface area contributed by atoms with Crippen molar-refractivity contribution in [3.8, 4) is 0 Å². The van der Waals surface area contributed by atoms with Gasteiger partial charge in [0.2, 0.25) is 0 Å². The molecule has 0 fully saturated rings. The van der Waals surface area contributed by atoms with Gasteiger partial charge in [0.25, 0.3) is 0 Å². The summed E-state index contributed by atoms with van der Waals surface area (Å²) in [6, 6.07) is 0. The normalized spacial score (nSPS) is 10.7. The predicted molar refractivity (Wildman–Crippen MR) is 48.9 cm³/mol. The summed E-state index contributed by atoms with van der Waals surface area (Å²) in [6.07, 6.45) is 2.11. The average molecular weight is 257 g/mol. The molecule has 0 heterocycles. The Hall–Kier alpha value is -1.07. The molecule has 4 nitrogen and oxygen atoms in total. The van der Waals surface area contributed by atoms with Gasteiger partial charge in [0, 0.05) is 0 Å². The van der Waals surface area contributed by atoms with Gasteiger partial charge in [-0.1, -0.05) is 13.8 Å². The van der Waals surface area contributed by atoms with Crippen molar-refractivity contribution in [1.82, 2.24) is 0 Å². The zero-order chi connectivity index (χ0) is 11.7. The van der Waals surface area contributed by atoms with Gasteiger partial charge < -0.3 is 10.2 Å². The number of hydrogen-bond donors (Lipinski definition) is 0. The minimum Gasteiger partial charge on any atom is -0.876 e. The van der Waals surface area contributed by atoms with Crippen LogP contribution in [0.4, 0.5) is 0 Å². The summed E-state index contributed by atoms with van der Waals surface area (Å²) >= 11 is 0. The van der Waals surface area contributed by atoms with E-state index in [2.05, 4.69) is 0 Å². The topological polar surface area (TPSA) is 80.3 Å². The Morgan fingerprint density at radius 3 is 1.00 bits per heavy atom. The predicted octanol–water partition coefficient (Wildman–Crippen LogP) is -0.324. The minimum absolute atomic E-state index is 0. The molecule has 0 aromatic rings. The third kappa shape index (κ3) is 32.2. The number of hydrogen-bond acceptors (Lipinski definition) is 4. The second-order valence-electron chi connectivity index (χ2n) is 2.73. The van der Waals surface area contributed by atoms with E-state index in [1.807, 2.05) is 0 Å². The summed E-state index contributed by atoms with van der Waals surface area (Å²) in [6.45, 7) is 5.39. The van der Waals surface area contributed by atoms with Crippen LogP contribution in [0.15, 0.2) is 23.7 Å². The molecule has 0 spiro atoms. The van der Waals surface area contributed by atoms with Gasteiger partial charge in [-0.2, -0.15) is 0 Å². The molecule has 0 amide bonds. The average Bonchev–Trinajstić information content (AvgIpc) is 1.79. The molecule has 5 heteroatoms. The van der Waals surface area contributed by atoms with E-state index < -0.39 is 0 Å². The van der Waals surface area contributed by atoms with Gasteiger partial charge in [-0.25, -0.2) is 0 Å². The first-order chi connectivity index (χ1) is 6.25. The van der Waals surface area contributed by atoms with E-state index in [1.54, 1.807) is 0 Å².